The van der Waals surface area contributed by atoms with Gasteiger partial charge in [-0.2, -0.15) is 4.98 Å². The number of aryl methyl sites for hydroxylation is 2. The number of carbonyl (C=O) groups is 1. The number of fused-ring (bicyclic) bond motifs is 1. The van der Waals surface area contributed by atoms with Crippen molar-refractivity contribution in [1.29, 1.82) is 0 Å². The van der Waals surface area contributed by atoms with Crippen molar-refractivity contribution in [3.8, 4) is 0 Å². The van der Waals surface area contributed by atoms with Gasteiger partial charge in [0.2, 0.25) is 8.32 Å². The first-order valence-corrected chi connectivity index (χ1v) is 9.11. The Bertz CT molecular complexity index is 615. The summed E-state index contributed by atoms with van der Waals surface area (Å²) < 4.78 is 6.91. The van der Waals surface area contributed by atoms with Crippen LogP contribution in [0.25, 0.3) is 5.78 Å². The second-order valence-electron chi connectivity index (χ2n) is 5.19. The fourth-order valence-corrected chi connectivity index (χ4v) is 2.22. The summed E-state index contributed by atoms with van der Waals surface area (Å²) in [6.45, 7) is 9.59. The van der Waals surface area contributed by atoms with E-state index in [1.54, 1.807) is 4.52 Å². The van der Waals surface area contributed by atoms with E-state index >= 15 is 0 Å². The molecule has 2 aromatic rings. The van der Waals surface area contributed by atoms with Crippen LogP contribution in [0.1, 0.15) is 22.0 Å². The van der Waals surface area contributed by atoms with Gasteiger partial charge in [-0.25, -0.2) is 14.3 Å². The molecule has 0 spiro atoms. The van der Waals surface area contributed by atoms with Crippen LogP contribution in [-0.2, 0) is 4.43 Å². The standard InChI is InChI=1S/C11H16N4O2Si/c1-7-6-8(2)15-11(12-7)13-9(14-15)10(16)17-18(3,4)5/h6H,1-5H3. The average Bonchev–Trinajstić information content (AvgIpc) is 2.58. The normalized spacial score (nSPS) is 11.8. The van der Waals surface area contributed by atoms with Crippen molar-refractivity contribution in [2.75, 3.05) is 0 Å². The molecular weight excluding hydrogens is 248 g/mol. The molecule has 0 bridgehead atoms. The minimum Gasteiger partial charge on any atom is -0.514 e. The van der Waals surface area contributed by atoms with E-state index in [0.717, 1.165) is 11.4 Å². The van der Waals surface area contributed by atoms with E-state index < -0.39 is 14.3 Å². The van der Waals surface area contributed by atoms with Gasteiger partial charge in [0.05, 0.1) is 0 Å². The lowest BCUT2D eigenvalue weighted by molar-refractivity contribution is 0.0712. The second-order valence-corrected chi connectivity index (χ2v) is 9.62. The summed E-state index contributed by atoms with van der Waals surface area (Å²) in [6.07, 6.45) is 0. The maximum atomic E-state index is 11.9. The Morgan fingerprint density at radius 3 is 2.56 bits per heavy atom. The van der Waals surface area contributed by atoms with Crippen molar-refractivity contribution in [3.63, 3.8) is 0 Å². The molecule has 0 radical (unpaired) electrons. The smallest absolute Gasteiger partial charge is 0.365 e. The number of aromatic nitrogens is 4. The first kappa shape index (κ1) is 12.7. The van der Waals surface area contributed by atoms with E-state index in [4.69, 9.17) is 4.43 Å². The van der Waals surface area contributed by atoms with Gasteiger partial charge in [0, 0.05) is 11.4 Å². The minimum absolute atomic E-state index is 0.0682. The lowest BCUT2D eigenvalue weighted by Crippen LogP contribution is -2.29. The molecule has 0 fully saturated rings. The van der Waals surface area contributed by atoms with Gasteiger partial charge in [0.15, 0.2) is 0 Å². The van der Waals surface area contributed by atoms with Crippen molar-refractivity contribution >= 4 is 20.1 Å². The van der Waals surface area contributed by atoms with E-state index in [2.05, 4.69) is 15.1 Å². The van der Waals surface area contributed by atoms with Crippen molar-refractivity contribution in [2.24, 2.45) is 0 Å². The van der Waals surface area contributed by atoms with E-state index in [9.17, 15) is 4.79 Å². The van der Waals surface area contributed by atoms with E-state index in [-0.39, 0.29) is 5.82 Å². The predicted molar refractivity (Wildman–Crippen MR) is 69.0 cm³/mol. The zero-order valence-corrected chi connectivity index (χ0v) is 12.2. The summed E-state index contributed by atoms with van der Waals surface area (Å²) in [4.78, 5) is 20.2. The zero-order chi connectivity index (χ0) is 13.5. The molecule has 0 N–H and O–H groups in total. The Morgan fingerprint density at radius 1 is 1.28 bits per heavy atom. The lowest BCUT2D eigenvalue weighted by Gasteiger charge is -2.15. The minimum atomic E-state index is -1.94. The van der Waals surface area contributed by atoms with Gasteiger partial charge in [-0.15, -0.1) is 5.10 Å². The van der Waals surface area contributed by atoms with Crippen molar-refractivity contribution in [1.82, 2.24) is 19.6 Å². The quantitative estimate of drug-likeness (QED) is 0.773. The SMILES string of the molecule is Cc1cc(C)n2nc(C(=O)O[Si](C)(C)C)nc2n1. The van der Waals surface area contributed by atoms with Crippen LogP contribution in [-0.4, -0.2) is 33.9 Å². The van der Waals surface area contributed by atoms with E-state index in [1.165, 1.54) is 0 Å². The number of hydrogen-bond acceptors (Lipinski definition) is 5. The Morgan fingerprint density at radius 2 is 1.94 bits per heavy atom. The molecule has 0 amide bonds. The largest absolute Gasteiger partial charge is 0.514 e. The third kappa shape index (κ3) is 2.56. The molecule has 0 aliphatic rings. The van der Waals surface area contributed by atoms with Crippen LogP contribution < -0.4 is 0 Å². The first-order chi connectivity index (χ1) is 8.26. The molecule has 0 aromatic carbocycles. The van der Waals surface area contributed by atoms with Crippen LogP contribution in [0.5, 0.6) is 0 Å². The fourth-order valence-electron chi connectivity index (χ4n) is 1.58. The van der Waals surface area contributed by atoms with Gasteiger partial charge in [-0.05, 0) is 39.6 Å². The molecule has 2 aromatic heterocycles. The zero-order valence-electron chi connectivity index (χ0n) is 11.2. The van der Waals surface area contributed by atoms with Crippen molar-refractivity contribution in [3.05, 3.63) is 23.3 Å². The summed E-state index contributed by atoms with van der Waals surface area (Å²) in [5.41, 5.74) is 1.73. The number of carbonyl (C=O) groups excluding carboxylic acids is 1. The third-order valence-electron chi connectivity index (χ3n) is 2.20. The molecule has 0 saturated carbocycles. The fraction of sp³-hybridized carbons (Fsp3) is 0.455. The molecule has 0 atom stereocenters. The summed E-state index contributed by atoms with van der Waals surface area (Å²) in [6, 6.07) is 1.88. The van der Waals surface area contributed by atoms with E-state index in [1.807, 2.05) is 39.6 Å². The molecule has 96 valence electrons. The van der Waals surface area contributed by atoms with Gasteiger partial charge in [-0.1, -0.05) is 0 Å². The molecule has 18 heavy (non-hydrogen) atoms. The molecule has 6 nitrogen and oxygen atoms in total. The summed E-state index contributed by atoms with van der Waals surface area (Å²) in [5, 5.41) is 4.13. The number of rotatable bonds is 2. The Balaban J connectivity index is 2.42. The molecule has 7 heteroatoms. The molecule has 0 saturated heterocycles. The van der Waals surface area contributed by atoms with Gasteiger partial charge in [0.1, 0.15) is 0 Å². The molecule has 2 heterocycles. The van der Waals surface area contributed by atoms with Crippen LogP contribution in [0.3, 0.4) is 0 Å². The van der Waals surface area contributed by atoms with Crippen LogP contribution in [0.15, 0.2) is 6.07 Å². The highest BCUT2D eigenvalue weighted by atomic mass is 28.4. The monoisotopic (exact) mass is 264 g/mol. The van der Waals surface area contributed by atoms with Gasteiger partial charge >= 0.3 is 5.97 Å². The third-order valence-corrected chi connectivity index (χ3v) is 3.00. The average molecular weight is 264 g/mol. The molecule has 0 aliphatic heterocycles. The Labute approximate surface area is 106 Å². The van der Waals surface area contributed by atoms with Crippen LogP contribution in [0.2, 0.25) is 19.6 Å². The van der Waals surface area contributed by atoms with Crippen molar-refractivity contribution in [2.45, 2.75) is 33.5 Å². The van der Waals surface area contributed by atoms with Gasteiger partial charge < -0.3 is 4.43 Å². The molecule has 0 aliphatic carbocycles. The molecular formula is C11H16N4O2Si. The summed E-state index contributed by atoms with van der Waals surface area (Å²) in [7, 11) is -1.94. The van der Waals surface area contributed by atoms with Gasteiger partial charge in [-0.3, -0.25) is 0 Å². The Hall–Kier alpha value is -1.76. The first-order valence-electron chi connectivity index (χ1n) is 5.70. The maximum Gasteiger partial charge on any atom is 0.365 e. The van der Waals surface area contributed by atoms with Crippen LogP contribution >= 0.6 is 0 Å². The highest BCUT2D eigenvalue weighted by Crippen LogP contribution is 2.09. The van der Waals surface area contributed by atoms with Gasteiger partial charge in [0.25, 0.3) is 11.6 Å². The summed E-state index contributed by atoms with van der Waals surface area (Å²) >= 11 is 0. The highest BCUT2D eigenvalue weighted by Gasteiger charge is 2.24. The molecule has 2 rings (SSSR count). The predicted octanol–water partition coefficient (Wildman–Crippen LogP) is 1.73. The highest BCUT2D eigenvalue weighted by molar-refractivity contribution is 6.71. The number of nitrogens with zero attached hydrogens (tertiary/aromatic N) is 4. The second kappa shape index (κ2) is 4.16. The van der Waals surface area contributed by atoms with E-state index in [0.29, 0.717) is 5.78 Å². The Kier molecular flexibility index (Phi) is 2.93. The summed E-state index contributed by atoms with van der Waals surface area (Å²) in [5.74, 6) is 0.0189. The van der Waals surface area contributed by atoms with Crippen molar-refractivity contribution < 1.29 is 9.22 Å². The topological polar surface area (TPSA) is 69.4 Å². The number of hydrogen-bond donors (Lipinski definition) is 0. The lowest BCUT2D eigenvalue weighted by atomic mass is 10.4. The van der Waals surface area contributed by atoms with Crippen LogP contribution in [0, 0.1) is 13.8 Å². The molecule has 0 unspecified atom stereocenters. The van der Waals surface area contributed by atoms with Crippen LogP contribution in [0.4, 0.5) is 0 Å². The maximum absolute atomic E-state index is 11.9.